The van der Waals surface area contributed by atoms with E-state index in [0.29, 0.717) is 12.8 Å². The van der Waals surface area contributed by atoms with Gasteiger partial charge in [-0.15, -0.1) is 0 Å². The molecular formula is C35H30N2O2. The summed E-state index contributed by atoms with van der Waals surface area (Å²) < 4.78 is 0. The lowest BCUT2D eigenvalue weighted by Crippen LogP contribution is -2.37. The molecule has 0 saturated carbocycles. The van der Waals surface area contributed by atoms with E-state index in [1.165, 1.54) is 5.56 Å². The molecule has 0 bridgehead atoms. The van der Waals surface area contributed by atoms with Gasteiger partial charge in [-0.05, 0) is 82.4 Å². The first kappa shape index (κ1) is 24.8. The Morgan fingerprint density at radius 1 is 0.795 bits per heavy atom. The van der Waals surface area contributed by atoms with E-state index in [-0.39, 0.29) is 5.78 Å². The van der Waals surface area contributed by atoms with Crippen molar-refractivity contribution in [2.24, 2.45) is 0 Å². The zero-order chi connectivity index (χ0) is 26.8. The van der Waals surface area contributed by atoms with Gasteiger partial charge in [-0.25, -0.2) is 0 Å². The minimum atomic E-state index is -0.526. The molecule has 192 valence electrons. The summed E-state index contributed by atoms with van der Waals surface area (Å²) in [5, 5.41) is 2.21. The predicted octanol–water partition coefficient (Wildman–Crippen LogP) is 8.01. The van der Waals surface area contributed by atoms with Crippen LogP contribution in [0.25, 0.3) is 21.9 Å². The van der Waals surface area contributed by atoms with Crippen LogP contribution >= 0.6 is 0 Å². The Hall–Kier alpha value is -4.54. The summed E-state index contributed by atoms with van der Waals surface area (Å²) in [6, 6.07) is 39.4. The van der Waals surface area contributed by atoms with E-state index in [4.69, 9.17) is 0 Å². The SMILES string of the molecule is CCCN1Cc2cccc3c(-c4ccc(N(c5ccccc5)c5ccccc5)cc4)ccc(c23)C1C(=O)C=O. The molecule has 0 spiro atoms. The van der Waals surface area contributed by atoms with Crippen molar-refractivity contribution < 1.29 is 9.59 Å². The van der Waals surface area contributed by atoms with Crippen molar-refractivity contribution in [2.45, 2.75) is 25.9 Å². The Labute approximate surface area is 229 Å². The maximum Gasteiger partial charge on any atom is 0.216 e. The summed E-state index contributed by atoms with van der Waals surface area (Å²) in [4.78, 5) is 28.7. The number of rotatable bonds is 8. The standard InChI is InChI=1S/C35H30N2O2/c1-2-22-36-23-26-10-9-15-31-30(20-21-32(34(26)31)35(36)33(39)24-38)25-16-18-29(19-17-25)37(27-11-5-3-6-12-27)28-13-7-4-8-14-28/h3-21,24,35H,2,22-23H2,1H3. The third-order valence-electron chi connectivity index (χ3n) is 7.55. The fourth-order valence-corrected chi connectivity index (χ4v) is 5.91. The highest BCUT2D eigenvalue weighted by Gasteiger charge is 2.33. The van der Waals surface area contributed by atoms with Crippen molar-refractivity contribution in [2.75, 3.05) is 11.4 Å². The third-order valence-corrected chi connectivity index (χ3v) is 7.55. The van der Waals surface area contributed by atoms with Crippen LogP contribution < -0.4 is 4.90 Å². The smallest absolute Gasteiger partial charge is 0.216 e. The molecule has 4 heteroatoms. The Morgan fingerprint density at radius 3 is 2.05 bits per heavy atom. The molecule has 0 fully saturated rings. The molecule has 0 radical (unpaired) electrons. The van der Waals surface area contributed by atoms with Gasteiger partial charge >= 0.3 is 0 Å². The number of carbonyl (C=O) groups excluding carboxylic acids is 2. The molecule has 5 aromatic rings. The van der Waals surface area contributed by atoms with Crippen molar-refractivity contribution in [3.63, 3.8) is 0 Å². The minimum Gasteiger partial charge on any atom is -0.311 e. The molecule has 0 amide bonds. The Bertz CT molecular complexity index is 1590. The van der Waals surface area contributed by atoms with E-state index in [1.807, 2.05) is 18.2 Å². The summed E-state index contributed by atoms with van der Waals surface area (Å²) in [5.74, 6) is -0.377. The van der Waals surface area contributed by atoms with Gasteiger partial charge in [0.1, 0.15) is 6.04 Å². The number of benzene rings is 5. The molecule has 5 aromatic carbocycles. The number of nitrogens with zero attached hydrogens (tertiary/aromatic N) is 2. The van der Waals surface area contributed by atoms with E-state index in [9.17, 15) is 9.59 Å². The van der Waals surface area contributed by atoms with Crippen molar-refractivity contribution in [1.29, 1.82) is 0 Å². The van der Waals surface area contributed by atoms with Gasteiger partial charge in [0, 0.05) is 23.6 Å². The van der Waals surface area contributed by atoms with Crippen LogP contribution in [0.2, 0.25) is 0 Å². The Kier molecular flexibility index (Phi) is 6.78. The monoisotopic (exact) mass is 510 g/mol. The van der Waals surface area contributed by atoms with Gasteiger partial charge in [0.05, 0.1) is 0 Å². The van der Waals surface area contributed by atoms with Gasteiger partial charge in [0.2, 0.25) is 5.78 Å². The Balaban J connectivity index is 1.43. The second-order valence-corrected chi connectivity index (χ2v) is 9.99. The summed E-state index contributed by atoms with van der Waals surface area (Å²) in [6.07, 6.45) is 1.40. The van der Waals surface area contributed by atoms with Crippen molar-refractivity contribution in [1.82, 2.24) is 4.90 Å². The summed E-state index contributed by atoms with van der Waals surface area (Å²) in [7, 11) is 0. The second kappa shape index (κ2) is 10.7. The molecule has 0 aliphatic carbocycles. The molecule has 6 rings (SSSR count). The predicted molar refractivity (Wildman–Crippen MR) is 159 cm³/mol. The van der Waals surface area contributed by atoms with Crippen LogP contribution in [0.4, 0.5) is 17.1 Å². The number of anilines is 3. The van der Waals surface area contributed by atoms with Crippen molar-refractivity contribution in [3.05, 3.63) is 126 Å². The maximum atomic E-state index is 12.8. The summed E-state index contributed by atoms with van der Waals surface area (Å²) >= 11 is 0. The third kappa shape index (κ3) is 4.53. The normalized spacial score (nSPS) is 14.7. The summed E-state index contributed by atoms with van der Waals surface area (Å²) in [5.41, 5.74) is 7.62. The van der Waals surface area contributed by atoms with E-state index in [1.54, 1.807) is 0 Å². The van der Waals surface area contributed by atoms with Gasteiger partial charge in [-0.1, -0.05) is 85.8 Å². The van der Waals surface area contributed by atoms with Gasteiger partial charge in [-0.3, -0.25) is 14.5 Å². The first-order valence-electron chi connectivity index (χ1n) is 13.5. The molecular weight excluding hydrogens is 480 g/mol. The lowest BCUT2D eigenvalue weighted by Gasteiger charge is -2.35. The summed E-state index contributed by atoms with van der Waals surface area (Å²) in [6.45, 7) is 3.53. The fourth-order valence-electron chi connectivity index (χ4n) is 5.91. The van der Waals surface area contributed by atoms with Crippen molar-refractivity contribution >= 4 is 39.9 Å². The van der Waals surface area contributed by atoms with Crippen LogP contribution in [0.15, 0.2) is 115 Å². The number of carbonyl (C=O) groups is 2. The average molecular weight is 511 g/mol. The number of para-hydroxylation sites is 2. The highest BCUT2D eigenvalue weighted by molar-refractivity contribution is 6.28. The largest absolute Gasteiger partial charge is 0.311 e. The van der Waals surface area contributed by atoms with Crippen LogP contribution in [0.5, 0.6) is 0 Å². The van der Waals surface area contributed by atoms with Crippen LogP contribution in [0.1, 0.15) is 30.5 Å². The lowest BCUT2D eigenvalue weighted by molar-refractivity contribution is -0.134. The lowest BCUT2D eigenvalue weighted by atomic mass is 9.85. The van der Waals surface area contributed by atoms with Crippen molar-refractivity contribution in [3.8, 4) is 11.1 Å². The molecule has 1 atom stereocenters. The zero-order valence-electron chi connectivity index (χ0n) is 22.0. The van der Waals surface area contributed by atoms with E-state index >= 15 is 0 Å². The Morgan fingerprint density at radius 2 is 1.44 bits per heavy atom. The number of hydrogen-bond donors (Lipinski definition) is 0. The number of aldehydes is 1. The topological polar surface area (TPSA) is 40.6 Å². The molecule has 1 aliphatic rings. The zero-order valence-corrected chi connectivity index (χ0v) is 22.0. The second-order valence-electron chi connectivity index (χ2n) is 9.99. The average Bonchev–Trinajstić information content (AvgIpc) is 2.99. The maximum absolute atomic E-state index is 12.8. The molecule has 0 N–H and O–H groups in total. The van der Waals surface area contributed by atoms with Crippen LogP contribution in [-0.2, 0) is 16.1 Å². The molecule has 1 heterocycles. The van der Waals surface area contributed by atoms with Crippen LogP contribution in [0.3, 0.4) is 0 Å². The fraction of sp³-hybridized carbons (Fsp3) is 0.143. The van der Waals surface area contributed by atoms with Crippen LogP contribution in [0, 0.1) is 0 Å². The van der Waals surface area contributed by atoms with E-state index in [2.05, 4.69) is 114 Å². The molecule has 4 nitrogen and oxygen atoms in total. The van der Waals surface area contributed by atoms with Gasteiger partial charge in [0.25, 0.3) is 0 Å². The molecule has 1 unspecified atom stereocenters. The number of Topliss-reactive ketones (excluding diaryl/α,β-unsaturated/α-hetero) is 1. The highest BCUT2D eigenvalue weighted by atomic mass is 16.2. The first-order chi connectivity index (χ1) is 19.2. The van der Waals surface area contributed by atoms with E-state index < -0.39 is 6.04 Å². The van der Waals surface area contributed by atoms with Gasteiger partial charge in [0.15, 0.2) is 6.29 Å². The molecule has 0 aromatic heterocycles. The quantitative estimate of drug-likeness (QED) is 0.157. The van der Waals surface area contributed by atoms with Gasteiger partial charge in [-0.2, -0.15) is 0 Å². The van der Waals surface area contributed by atoms with Crippen LogP contribution in [-0.4, -0.2) is 23.5 Å². The minimum absolute atomic E-state index is 0.377. The molecule has 0 saturated heterocycles. The van der Waals surface area contributed by atoms with E-state index in [0.717, 1.165) is 57.5 Å². The van der Waals surface area contributed by atoms with Gasteiger partial charge < -0.3 is 4.90 Å². The number of hydrogen-bond acceptors (Lipinski definition) is 4. The molecule has 39 heavy (non-hydrogen) atoms. The molecule has 1 aliphatic heterocycles. The highest BCUT2D eigenvalue weighted by Crippen LogP contribution is 2.42. The number of ketones is 1. The first-order valence-corrected chi connectivity index (χ1v) is 13.5.